The first-order valence-electron chi connectivity index (χ1n) is 11.1. The molecule has 4 aromatic rings. The summed E-state index contributed by atoms with van der Waals surface area (Å²) in [6, 6.07) is 25.8. The highest BCUT2D eigenvalue weighted by Gasteiger charge is 2.05. The van der Waals surface area contributed by atoms with Gasteiger partial charge in [0, 0.05) is 22.3 Å². The van der Waals surface area contributed by atoms with Crippen molar-refractivity contribution in [3.05, 3.63) is 119 Å². The number of hydrogen-bond donors (Lipinski definition) is 4. The molecule has 38 heavy (non-hydrogen) atoms. The molecule has 10 heteroatoms. The summed E-state index contributed by atoms with van der Waals surface area (Å²) in [7, 11) is 0. The van der Waals surface area contributed by atoms with E-state index in [9.17, 15) is 19.2 Å². The van der Waals surface area contributed by atoms with Crippen molar-refractivity contribution in [2.45, 2.75) is 0 Å². The molecule has 0 saturated heterocycles. The highest BCUT2D eigenvalue weighted by Crippen LogP contribution is 2.23. The predicted molar refractivity (Wildman–Crippen MR) is 140 cm³/mol. The third-order valence-electron chi connectivity index (χ3n) is 5.03. The first kappa shape index (κ1) is 27.0. The molecule has 0 spiro atoms. The molecule has 4 amide bonds. The Bertz CT molecular complexity index is 1210. The summed E-state index contributed by atoms with van der Waals surface area (Å²) >= 11 is 0. The Hall–Kier alpha value is -5.64. The number of carbonyl (C=O) groups excluding carboxylic acids is 4. The van der Waals surface area contributed by atoms with Gasteiger partial charge in [0.25, 0.3) is 0 Å². The maximum Gasteiger partial charge on any atom is 0.248 e. The van der Waals surface area contributed by atoms with Crippen LogP contribution in [0.25, 0.3) is 0 Å². The van der Waals surface area contributed by atoms with Crippen LogP contribution in [0.3, 0.4) is 0 Å². The van der Waals surface area contributed by atoms with Crippen LogP contribution in [0.1, 0.15) is 41.4 Å². The monoisotopic (exact) mass is 512 g/mol. The van der Waals surface area contributed by atoms with Gasteiger partial charge in [0.2, 0.25) is 23.6 Å². The molecule has 0 aliphatic rings. The summed E-state index contributed by atoms with van der Waals surface area (Å²) in [4.78, 5) is 43.6. The van der Waals surface area contributed by atoms with Crippen LogP contribution >= 0.6 is 0 Å². The topological polar surface area (TPSA) is 191 Å². The lowest BCUT2D eigenvalue weighted by molar-refractivity contribution is 0.0991. The number of ether oxygens (including phenoxy) is 2. The van der Waals surface area contributed by atoms with Crippen LogP contribution in [0.5, 0.6) is 23.0 Å². The van der Waals surface area contributed by atoms with Crippen molar-refractivity contribution in [2.24, 2.45) is 22.9 Å². The zero-order valence-corrected chi connectivity index (χ0v) is 20.0. The highest BCUT2D eigenvalue weighted by atomic mass is 16.5. The molecule has 4 aromatic carbocycles. The third-order valence-corrected chi connectivity index (χ3v) is 5.03. The van der Waals surface area contributed by atoms with Gasteiger partial charge in [-0.05, 0) is 97.1 Å². The maximum atomic E-state index is 10.9. The zero-order valence-electron chi connectivity index (χ0n) is 20.0. The average molecular weight is 513 g/mol. The van der Waals surface area contributed by atoms with Gasteiger partial charge in [-0.15, -0.1) is 0 Å². The smallest absolute Gasteiger partial charge is 0.248 e. The van der Waals surface area contributed by atoms with Gasteiger partial charge in [0.1, 0.15) is 23.0 Å². The Balaban J connectivity index is 0.000000211. The van der Waals surface area contributed by atoms with E-state index in [2.05, 4.69) is 0 Å². The molecule has 0 saturated carbocycles. The number of amides is 4. The summed E-state index contributed by atoms with van der Waals surface area (Å²) in [6.07, 6.45) is 0. The molecule has 0 heterocycles. The number of nitrogens with two attached hydrogens (primary N) is 4. The fraction of sp³-hybridized carbons (Fsp3) is 0. The Labute approximate surface area is 217 Å². The number of benzene rings is 4. The summed E-state index contributed by atoms with van der Waals surface area (Å²) in [5, 5.41) is 0. The lowest BCUT2D eigenvalue weighted by Crippen LogP contribution is -2.10. The minimum atomic E-state index is -0.489. The summed E-state index contributed by atoms with van der Waals surface area (Å²) in [5.41, 5.74) is 22.2. The number of rotatable bonds is 8. The number of hydrogen-bond acceptors (Lipinski definition) is 6. The quantitative estimate of drug-likeness (QED) is 0.280. The van der Waals surface area contributed by atoms with E-state index >= 15 is 0 Å². The molecule has 0 atom stereocenters. The van der Waals surface area contributed by atoms with Crippen molar-refractivity contribution in [1.82, 2.24) is 0 Å². The van der Waals surface area contributed by atoms with Gasteiger partial charge in [-0.25, -0.2) is 0 Å². The lowest BCUT2D eigenvalue weighted by Gasteiger charge is -2.06. The number of carbonyl (C=O) groups is 4. The molecule has 0 radical (unpaired) electrons. The van der Waals surface area contributed by atoms with Gasteiger partial charge < -0.3 is 32.4 Å². The van der Waals surface area contributed by atoms with Crippen LogP contribution in [0.4, 0.5) is 0 Å². The van der Waals surface area contributed by atoms with Crippen molar-refractivity contribution in [3.8, 4) is 23.0 Å². The van der Waals surface area contributed by atoms with Gasteiger partial charge >= 0.3 is 0 Å². The predicted octanol–water partition coefficient (Wildman–Crippen LogP) is 3.35. The van der Waals surface area contributed by atoms with E-state index < -0.39 is 23.6 Å². The van der Waals surface area contributed by atoms with E-state index in [1.165, 1.54) is 0 Å². The normalized spacial score (nSPS) is 9.89. The molecule has 0 aliphatic carbocycles. The molecule has 0 bridgehead atoms. The number of primary amides is 4. The maximum absolute atomic E-state index is 10.9. The van der Waals surface area contributed by atoms with Crippen LogP contribution < -0.4 is 32.4 Å². The Kier molecular flexibility index (Phi) is 8.77. The lowest BCUT2D eigenvalue weighted by atomic mass is 10.2. The fourth-order valence-corrected chi connectivity index (χ4v) is 3.02. The van der Waals surface area contributed by atoms with Gasteiger partial charge in [-0.1, -0.05) is 0 Å². The molecule has 10 nitrogen and oxygen atoms in total. The second-order valence-corrected chi connectivity index (χ2v) is 7.76. The third kappa shape index (κ3) is 7.68. The fourth-order valence-electron chi connectivity index (χ4n) is 3.02. The van der Waals surface area contributed by atoms with E-state index in [4.69, 9.17) is 32.4 Å². The van der Waals surface area contributed by atoms with Crippen LogP contribution in [-0.4, -0.2) is 23.6 Å². The second-order valence-electron chi connectivity index (χ2n) is 7.76. The molecule has 0 aromatic heterocycles. The van der Waals surface area contributed by atoms with Gasteiger partial charge in [-0.2, -0.15) is 0 Å². The Morgan fingerprint density at radius 3 is 0.632 bits per heavy atom. The highest BCUT2D eigenvalue weighted by molar-refractivity contribution is 5.94. The van der Waals surface area contributed by atoms with Crippen molar-refractivity contribution < 1.29 is 28.7 Å². The first-order chi connectivity index (χ1) is 18.1. The van der Waals surface area contributed by atoms with Crippen LogP contribution in [-0.2, 0) is 0 Å². The zero-order chi connectivity index (χ0) is 27.7. The van der Waals surface area contributed by atoms with E-state index in [-0.39, 0.29) is 0 Å². The molecular weight excluding hydrogens is 488 g/mol. The molecule has 192 valence electrons. The molecule has 4 rings (SSSR count). The minimum absolute atomic E-state index is 0.413. The van der Waals surface area contributed by atoms with E-state index in [1.54, 1.807) is 97.1 Å². The van der Waals surface area contributed by atoms with Crippen LogP contribution in [0.2, 0.25) is 0 Å². The largest absolute Gasteiger partial charge is 0.457 e. The average Bonchev–Trinajstić information content (AvgIpc) is 2.90. The van der Waals surface area contributed by atoms with Gasteiger partial charge in [0.05, 0.1) is 0 Å². The Morgan fingerprint density at radius 1 is 0.342 bits per heavy atom. The molecule has 0 unspecified atom stereocenters. The molecule has 0 aliphatic heterocycles. The van der Waals surface area contributed by atoms with E-state index in [1.807, 2.05) is 0 Å². The Morgan fingerprint density at radius 2 is 0.500 bits per heavy atom. The summed E-state index contributed by atoms with van der Waals surface area (Å²) < 4.78 is 11.1. The van der Waals surface area contributed by atoms with Gasteiger partial charge in [0.15, 0.2) is 0 Å². The van der Waals surface area contributed by atoms with E-state index in [0.717, 1.165) is 0 Å². The van der Waals surface area contributed by atoms with Crippen LogP contribution in [0.15, 0.2) is 97.1 Å². The molecule has 8 N–H and O–H groups in total. The summed E-state index contributed by atoms with van der Waals surface area (Å²) in [6.45, 7) is 0. The van der Waals surface area contributed by atoms with Crippen LogP contribution in [0, 0.1) is 0 Å². The summed E-state index contributed by atoms with van der Waals surface area (Å²) in [5.74, 6) is 0.312. The van der Waals surface area contributed by atoms with Crippen molar-refractivity contribution in [1.29, 1.82) is 0 Å². The molecular formula is C28H24N4O6. The molecule has 0 fully saturated rings. The second kappa shape index (κ2) is 12.4. The van der Waals surface area contributed by atoms with E-state index in [0.29, 0.717) is 45.3 Å². The van der Waals surface area contributed by atoms with Crippen molar-refractivity contribution >= 4 is 23.6 Å². The minimum Gasteiger partial charge on any atom is -0.457 e. The standard InChI is InChI=1S/2C14H12N2O3/c2*15-13(17)9-1-5-11(6-2-9)19-12-7-3-10(4-8-12)14(16)18/h2*1-8H,(H2,15,17)(H2,16,18). The SMILES string of the molecule is NC(=O)c1ccc(Oc2ccc(C(N)=O)cc2)cc1.NC(=O)c1ccc(Oc2ccc(C(N)=O)cc2)cc1. The first-order valence-corrected chi connectivity index (χ1v) is 11.1. The van der Waals surface area contributed by atoms with Gasteiger partial charge in [-0.3, -0.25) is 19.2 Å². The van der Waals surface area contributed by atoms with Crippen molar-refractivity contribution in [3.63, 3.8) is 0 Å². The van der Waals surface area contributed by atoms with Crippen molar-refractivity contribution in [2.75, 3.05) is 0 Å².